The van der Waals surface area contributed by atoms with Gasteiger partial charge < -0.3 is 5.73 Å². The molecule has 15 heavy (non-hydrogen) atoms. The number of carbonyl (C=O) groups excluding carboxylic acids is 1. The molecule has 0 heterocycles. The lowest BCUT2D eigenvalue weighted by Gasteiger charge is -2.02. The van der Waals surface area contributed by atoms with Crippen LogP contribution in [0.15, 0.2) is 35.5 Å². The van der Waals surface area contributed by atoms with Gasteiger partial charge in [0.1, 0.15) is 6.29 Å². The smallest absolute Gasteiger partial charge is 0.150 e. The van der Waals surface area contributed by atoms with Crippen LogP contribution in [0.25, 0.3) is 0 Å². The maximum Gasteiger partial charge on any atom is 0.150 e. The Bertz CT molecular complexity index is 395. The predicted molar refractivity (Wildman–Crippen MR) is 62.1 cm³/mol. The Labute approximate surface area is 89.3 Å². The van der Waals surface area contributed by atoms with Crippen molar-refractivity contribution in [2.45, 2.75) is 13.5 Å². The second-order valence-corrected chi connectivity index (χ2v) is 3.18. The summed E-state index contributed by atoms with van der Waals surface area (Å²) in [5.74, 6) is 0. The van der Waals surface area contributed by atoms with Crippen LogP contribution in [0.1, 0.15) is 21.5 Å². The first-order valence-electron chi connectivity index (χ1n) is 4.69. The third-order valence-electron chi connectivity index (χ3n) is 2.07. The van der Waals surface area contributed by atoms with Crippen molar-refractivity contribution in [3.8, 4) is 0 Å². The number of aldehydes is 1. The standard InChI is InChI=1S/C12H14N2O/c1-10-7-11(9-15)3-4-12(10)8-14-6-2-5-13/h2-7,9H,8,13H2,1H3/b5-2-,14-6?. The van der Waals surface area contributed by atoms with Gasteiger partial charge in [0.2, 0.25) is 0 Å². The number of allylic oxidation sites excluding steroid dienone is 1. The first kappa shape index (κ1) is 11.2. The number of hydrogen-bond acceptors (Lipinski definition) is 3. The summed E-state index contributed by atoms with van der Waals surface area (Å²) in [5, 5.41) is 0. The summed E-state index contributed by atoms with van der Waals surface area (Å²) < 4.78 is 0. The predicted octanol–water partition coefficient (Wildman–Crippen LogP) is 1.85. The van der Waals surface area contributed by atoms with Crippen LogP contribution >= 0.6 is 0 Å². The van der Waals surface area contributed by atoms with Gasteiger partial charge in [-0.1, -0.05) is 12.1 Å². The molecule has 0 spiro atoms. The summed E-state index contributed by atoms with van der Waals surface area (Å²) in [6.45, 7) is 2.58. The molecule has 1 rings (SSSR count). The van der Waals surface area contributed by atoms with E-state index in [9.17, 15) is 4.79 Å². The van der Waals surface area contributed by atoms with Crippen LogP contribution in [0.4, 0.5) is 0 Å². The van der Waals surface area contributed by atoms with Gasteiger partial charge in [-0.25, -0.2) is 0 Å². The molecule has 0 saturated heterocycles. The summed E-state index contributed by atoms with van der Waals surface area (Å²) in [7, 11) is 0. The van der Waals surface area contributed by atoms with Gasteiger partial charge in [-0.15, -0.1) is 0 Å². The molecule has 0 unspecified atom stereocenters. The summed E-state index contributed by atoms with van der Waals surface area (Å²) in [4.78, 5) is 14.7. The van der Waals surface area contributed by atoms with Crippen molar-refractivity contribution in [1.82, 2.24) is 0 Å². The van der Waals surface area contributed by atoms with E-state index in [1.54, 1.807) is 18.4 Å². The van der Waals surface area contributed by atoms with Gasteiger partial charge in [-0.2, -0.15) is 0 Å². The van der Waals surface area contributed by atoms with Crippen LogP contribution in [0.2, 0.25) is 0 Å². The molecule has 0 aliphatic rings. The Morgan fingerprint density at radius 1 is 1.47 bits per heavy atom. The Kier molecular flexibility index (Phi) is 4.29. The van der Waals surface area contributed by atoms with Gasteiger partial charge in [0, 0.05) is 11.8 Å². The SMILES string of the molecule is Cc1cc(C=O)ccc1CN=C/C=C\N. The van der Waals surface area contributed by atoms with E-state index in [2.05, 4.69) is 4.99 Å². The second kappa shape index (κ2) is 5.75. The lowest BCUT2D eigenvalue weighted by molar-refractivity contribution is 0.112. The number of rotatable bonds is 4. The molecule has 0 amide bonds. The molecule has 78 valence electrons. The van der Waals surface area contributed by atoms with E-state index < -0.39 is 0 Å². The molecule has 1 aromatic rings. The average Bonchev–Trinajstić information content (AvgIpc) is 2.26. The molecule has 3 heteroatoms. The van der Waals surface area contributed by atoms with Gasteiger partial charge in [0.25, 0.3) is 0 Å². The Balaban J connectivity index is 2.74. The van der Waals surface area contributed by atoms with Crippen molar-refractivity contribution in [2.75, 3.05) is 0 Å². The van der Waals surface area contributed by atoms with Crippen molar-refractivity contribution < 1.29 is 4.79 Å². The van der Waals surface area contributed by atoms with Gasteiger partial charge in [0.05, 0.1) is 6.54 Å². The molecular formula is C12H14N2O. The van der Waals surface area contributed by atoms with Crippen LogP contribution in [-0.2, 0) is 6.54 Å². The van der Waals surface area contributed by atoms with E-state index in [4.69, 9.17) is 5.73 Å². The van der Waals surface area contributed by atoms with E-state index in [1.165, 1.54) is 6.20 Å². The van der Waals surface area contributed by atoms with Crippen LogP contribution in [0, 0.1) is 6.92 Å². The largest absolute Gasteiger partial charge is 0.405 e. The highest BCUT2D eigenvalue weighted by Crippen LogP contribution is 2.10. The zero-order valence-corrected chi connectivity index (χ0v) is 8.68. The van der Waals surface area contributed by atoms with Gasteiger partial charge >= 0.3 is 0 Å². The third-order valence-corrected chi connectivity index (χ3v) is 2.07. The first-order chi connectivity index (χ1) is 7.27. The molecule has 0 saturated carbocycles. The normalized spacial score (nSPS) is 11.3. The molecule has 1 aromatic carbocycles. The molecule has 0 fully saturated rings. The Morgan fingerprint density at radius 3 is 2.87 bits per heavy atom. The second-order valence-electron chi connectivity index (χ2n) is 3.18. The number of hydrogen-bond donors (Lipinski definition) is 1. The first-order valence-corrected chi connectivity index (χ1v) is 4.69. The van der Waals surface area contributed by atoms with Gasteiger partial charge in [-0.05, 0) is 36.4 Å². The van der Waals surface area contributed by atoms with Crippen LogP contribution < -0.4 is 5.73 Å². The molecule has 0 bridgehead atoms. The van der Waals surface area contributed by atoms with Crippen LogP contribution in [0.5, 0.6) is 0 Å². The minimum atomic E-state index is 0.606. The van der Waals surface area contributed by atoms with Crippen molar-refractivity contribution in [1.29, 1.82) is 0 Å². The minimum absolute atomic E-state index is 0.606. The number of benzene rings is 1. The zero-order valence-electron chi connectivity index (χ0n) is 8.68. The van der Waals surface area contributed by atoms with E-state index in [0.29, 0.717) is 12.1 Å². The highest BCUT2D eigenvalue weighted by Gasteiger charge is 1.97. The Morgan fingerprint density at radius 2 is 2.27 bits per heavy atom. The molecule has 2 N–H and O–H groups in total. The van der Waals surface area contributed by atoms with Crippen LogP contribution in [0.3, 0.4) is 0 Å². The lowest BCUT2D eigenvalue weighted by atomic mass is 10.1. The molecule has 3 nitrogen and oxygen atoms in total. The number of nitrogens with zero attached hydrogens (tertiary/aromatic N) is 1. The molecule has 0 radical (unpaired) electrons. The fourth-order valence-electron chi connectivity index (χ4n) is 1.23. The monoisotopic (exact) mass is 202 g/mol. The Hall–Kier alpha value is -1.90. The highest BCUT2D eigenvalue weighted by atomic mass is 16.1. The topological polar surface area (TPSA) is 55.5 Å². The summed E-state index contributed by atoms with van der Waals surface area (Å²) in [6.07, 6.45) is 5.62. The maximum absolute atomic E-state index is 10.5. The molecular weight excluding hydrogens is 188 g/mol. The summed E-state index contributed by atoms with van der Waals surface area (Å²) >= 11 is 0. The van der Waals surface area contributed by atoms with E-state index >= 15 is 0 Å². The van der Waals surface area contributed by atoms with Crippen LogP contribution in [-0.4, -0.2) is 12.5 Å². The third kappa shape index (κ3) is 3.38. The zero-order chi connectivity index (χ0) is 11.1. The molecule has 0 aromatic heterocycles. The number of aliphatic imine (C=N–C) groups is 1. The summed E-state index contributed by atoms with van der Waals surface area (Å²) in [5.41, 5.74) is 8.05. The minimum Gasteiger partial charge on any atom is -0.405 e. The summed E-state index contributed by atoms with van der Waals surface area (Å²) in [6, 6.07) is 5.57. The number of carbonyl (C=O) groups is 1. The molecule has 0 aliphatic heterocycles. The number of aryl methyl sites for hydroxylation is 1. The van der Waals surface area contributed by atoms with Gasteiger partial charge in [0.15, 0.2) is 0 Å². The quantitative estimate of drug-likeness (QED) is 0.598. The fourth-order valence-corrected chi connectivity index (χ4v) is 1.23. The van der Waals surface area contributed by atoms with E-state index in [0.717, 1.165) is 17.4 Å². The number of nitrogens with two attached hydrogens (primary N) is 1. The molecule has 0 aliphatic carbocycles. The van der Waals surface area contributed by atoms with Crippen molar-refractivity contribution >= 4 is 12.5 Å². The van der Waals surface area contributed by atoms with Crippen molar-refractivity contribution in [3.63, 3.8) is 0 Å². The fraction of sp³-hybridized carbons (Fsp3) is 0.167. The van der Waals surface area contributed by atoms with E-state index in [1.807, 2.05) is 19.1 Å². The van der Waals surface area contributed by atoms with Crippen molar-refractivity contribution in [2.24, 2.45) is 10.7 Å². The van der Waals surface area contributed by atoms with Gasteiger partial charge in [-0.3, -0.25) is 9.79 Å². The van der Waals surface area contributed by atoms with E-state index in [-0.39, 0.29) is 0 Å². The average molecular weight is 202 g/mol. The lowest BCUT2D eigenvalue weighted by Crippen LogP contribution is -1.90. The highest BCUT2D eigenvalue weighted by molar-refractivity contribution is 5.75. The van der Waals surface area contributed by atoms with Crippen molar-refractivity contribution in [3.05, 3.63) is 47.2 Å². The maximum atomic E-state index is 10.5. The molecule has 0 atom stereocenters.